The first-order valence-corrected chi connectivity index (χ1v) is 5.84. The molecule has 5 N–H and O–H groups in total. The number of carbonyl (C=O) groups is 1. The summed E-state index contributed by atoms with van der Waals surface area (Å²) in [6.45, 7) is 0. The molecule has 1 heterocycles. The van der Waals surface area contributed by atoms with Crippen molar-refractivity contribution in [3.63, 3.8) is 0 Å². The molecule has 0 aliphatic heterocycles. The zero-order valence-corrected chi connectivity index (χ0v) is 10.2. The largest absolute Gasteiger partial charge is 0.481 e. The SMILES string of the molecule is CNC(c1c[nH]c2ccccc12)C(N)CC(=O)O. The summed E-state index contributed by atoms with van der Waals surface area (Å²) in [5.41, 5.74) is 7.98. The van der Waals surface area contributed by atoms with E-state index in [2.05, 4.69) is 10.3 Å². The van der Waals surface area contributed by atoms with Crippen molar-refractivity contribution in [1.29, 1.82) is 0 Å². The second-order valence-corrected chi connectivity index (χ2v) is 4.32. The Morgan fingerprint density at radius 3 is 2.89 bits per heavy atom. The number of aromatic nitrogens is 1. The number of H-pyrrole nitrogens is 1. The first kappa shape index (κ1) is 12.6. The van der Waals surface area contributed by atoms with Crippen molar-refractivity contribution in [3.8, 4) is 0 Å². The van der Waals surface area contributed by atoms with Crippen LogP contribution in [0.4, 0.5) is 0 Å². The third-order valence-electron chi connectivity index (χ3n) is 3.11. The Balaban J connectivity index is 2.35. The average molecular weight is 247 g/mol. The van der Waals surface area contributed by atoms with Crippen LogP contribution in [0.1, 0.15) is 18.0 Å². The van der Waals surface area contributed by atoms with Gasteiger partial charge in [-0.25, -0.2) is 0 Å². The van der Waals surface area contributed by atoms with Crippen molar-refractivity contribution >= 4 is 16.9 Å². The molecular weight excluding hydrogens is 230 g/mol. The summed E-state index contributed by atoms with van der Waals surface area (Å²) < 4.78 is 0. The summed E-state index contributed by atoms with van der Waals surface area (Å²) >= 11 is 0. The summed E-state index contributed by atoms with van der Waals surface area (Å²) in [4.78, 5) is 13.9. The Hall–Kier alpha value is -1.85. The minimum atomic E-state index is -0.886. The maximum absolute atomic E-state index is 10.7. The molecule has 5 nitrogen and oxygen atoms in total. The molecule has 0 aliphatic carbocycles. The van der Waals surface area contributed by atoms with E-state index < -0.39 is 12.0 Å². The summed E-state index contributed by atoms with van der Waals surface area (Å²) in [5, 5.41) is 13.0. The van der Waals surface area contributed by atoms with Gasteiger partial charge in [0.15, 0.2) is 0 Å². The second kappa shape index (κ2) is 5.20. The van der Waals surface area contributed by atoms with E-state index in [0.717, 1.165) is 16.5 Å². The van der Waals surface area contributed by atoms with Gasteiger partial charge in [0.2, 0.25) is 0 Å². The highest BCUT2D eigenvalue weighted by molar-refractivity contribution is 5.83. The fourth-order valence-corrected chi connectivity index (χ4v) is 2.27. The number of nitrogens with one attached hydrogen (secondary N) is 2. The molecule has 0 fully saturated rings. The summed E-state index contributed by atoms with van der Waals surface area (Å²) in [7, 11) is 1.79. The molecule has 18 heavy (non-hydrogen) atoms. The summed E-state index contributed by atoms with van der Waals surface area (Å²) in [6.07, 6.45) is 1.82. The predicted molar refractivity (Wildman–Crippen MR) is 70.3 cm³/mol. The molecule has 0 bridgehead atoms. The lowest BCUT2D eigenvalue weighted by Gasteiger charge is -2.21. The van der Waals surface area contributed by atoms with Crippen LogP contribution < -0.4 is 11.1 Å². The number of fused-ring (bicyclic) bond motifs is 1. The molecule has 0 radical (unpaired) electrons. The smallest absolute Gasteiger partial charge is 0.304 e. The molecule has 1 aromatic carbocycles. The number of nitrogens with two attached hydrogens (primary N) is 1. The zero-order chi connectivity index (χ0) is 13.1. The fourth-order valence-electron chi connectivity index (χ4n) is 2.27. The molecule has 2 unspecified atom stereocenters. The number of hydrogen-bond acceptors (Lipinski definition) is 3. The minimum Gasteiger partial charge on any atom is -0.481 e. The van der Waals surface area contributed by atoms with Crippen molar-refractivity contribution < 1.29 is 9.90 Å². The van der Waals surface area contributed by atoms with Gasteiger partial charge >= 0.3 is 5.97 Å². The van der Waals surface area contributed by atoms with E-state index in [-0.39, 0.29) is 12.5 Å². The molecule has 2 atom stereocenters. The van der Waals surface area contributed by atoms with E-state index in [1.54, 1.807) is 7.05 Å². The highest BCUT2D eigenvalue weighted by Crippen LogP contribution is 2.26. The standard InChI is InChI=1S/C13H17N3O2/c1-15-13(10(14)6-12(17)18)9-7-16-11-5-3-2-4-8(9)11/h2-5,7,10,13,15-16H,6,14H2,1H3,(H,17,18). The van der Waals surface area contributed by atoms with Crippen molar-refractivity contribution in [1.82, 2.24) is 10.3 Å². The van der Waals surface area contributed by atoms with E-state index in [9.17, 15) is 4.79 Å². The van der Waals surface area contributed by atoms with Gasteiger partial charge in [-0.1, -0.05) is 18.2 Å². The van der Waals surface area contributed by atoms with Crippen molar-refractivity contribution in [2.75, 3.05) is 7.05 Å². The number of likely N-dealkylation sites (N-methyl/N-ethyl adjacent to an activating group) is 1. The number of para-hydroxylation sites is 1. The predicted octanol–water partition coefficient (Wildman–Crippen LogP) is 1.23. The lowest BCUT2D eigenvalue weighted by Crippen LogP contribution is -2.37. The number of benzene rings is 1. The molecule has 96 valence electrons. The highest BCUT2D eigenvalue weighted by atomic mass is 16.4. The first-order valence-electron chi connectivity index (χ1n) is 5.84. The topological polar surface area (TPSA) is 91.1 Å². The van der Waals surface area contributed by atoms with Crippen LogP contribution in [-0.2, 0) is 4.79 Å². The van der Waals surface area contributed by atoms with Crippen LogP contribution in [0, 0.1) is 0 Å². The first-order chi connectivity index (χ1) is 8.63. The van der Waals surface area contributed by atoms with Gasteiger partial charge in [-0.2, -0.15) is 0 Å². The number of rotatable bonds is 5. The molecule has 0 saturated heterocycles. The second-order valence-electron chi connectivity index (χ2n) is 4.32. The lowest BCUT2D eigenvalue weighted by molar-refractivity contribution is -0.137. The Morgan fingerprint density at radius 2 is 2.22 bits per heavy atom. The number of carboxylic acid groups (broad SMARTS) is 1. The van der Waals surface area contributed by atoms with Crippen molar-refractivity contribution in [2.45, 2.75) is 18.5 Å². The van der Waals surface area contributed by atoms with Gasteiger partial charge in [-0.05, 0) is 18.7 Å². The van der Waals surface area contributed by atoms with E-state index in [1.807, 2.05) is 30.5 Å². The normalized spacial score (nSPS) is 14.6. The van der Waals surface area contributed by atoms with Gasteiger partial charge in [0, 0.05) is 29.2 Å². The molecule has 0 aliphatic rings. The minimum absolute atomic E-state index is 0.0645. The molecule has 0 spiro atoms. The van der Waals surface area contributed by atoms with Gasteiger partial charge in [0.25, 0.3) is 0 Å². The number of aliphatic carboxylic acids is 1. The van der Waals surface area contributed by atoms with Gasteiger partial charge in [-0.3, -0.25) is 4.79 Å². The number of aromatic amines is 1. The van der Waals surface area contributed by atoms with E-state index in [4.69, 9.17) is 10.8 Å². The average Bonchev–Trinajstić information content (AvgIpc) is 2.73. The molecule has 0 amide bonds. The van der Waals surface area contributed by atoms with Crippen LogP contribution >= 0.6 is 0 Å². The van der Waals surface area contributed by atoms with Crippen LogP contribution in [0.25, 0.3) is 10.9 Å². The Labute approximate surface area is 105 Å². The van der Waals surface area contributed by atoms with E-state index in [1.165, 1.54) is 0 Å². The Bertz CT molecular complexity index is 550. The van der Waals surface area contributed by atoms with Crippen LogP contribution in [0.15, 0.2) is 30.5 Å². The summed E-state index contributed by atoms with van der Waals surface area (Å²) in [6, 6.07) is 7.24. The van der Waals surface area contributed by atoms with Crippen LogP contribution in [0.2, 0.25) is 0 Å². The zero-order valence-electron chi connectivity index (χ0n) is 10.2. The maximum atomic E-state index is 10.7. The van der Waals surface area contributed by atoms with Gasteiger partial charge in [0.05, 0.1) is 6.42 Å². The van der Waals surface area contributed by atoms with Crippen molar-refractivity contribution in [2.24, 2.45) is 5.73 Å². The molecule has 2 aromatic rings. The molecule has 1 aromatic heterocycles. The van der Waals surface area contributed by atoms with Crippen LogP contribution in [0.5, 0.6) is 0 Å². The quantitative estimate of drug-likeness (QED) is 0.639. The van der Waals surface area contributed by atoms with Crippen LogP contribution in [-0.4, -0.2) is 29.1 Å². The van der Waals surface area contributed by atoms with Crippen molar-refractivity contribution in [3.05, 3.63) is 36.0 Å². The highest BCUT2D eigenvalue weighted by Gasteiger charge is 2.22. The van der Waals surface area contributed by atoms with Gasteiger partial charge in [0.1, 0.15) is 0 Å². The lowest BCUT2D eigenvalue weighted by atomic mass is 9.97. The fraction of sp³-hybridized carbons (Fsp3) is 0.308. The summed E-state index contributed by atoms with van der Waals surface area (Å²) in [5.74, 6) is -0.886. The molecular formula is C13H17N3O2. The van der Waals surface area contributed by atoms with E-state index >= 15 is 0 Å². The van der Waals surface area contributed by atoms with Gasteiger partial charge in [-0.15, -0.1) is 0 Å². The Morgan fingerprint density at radius 1 is 1.50 bits per heavy atom. The Kier molecular flexibility index (Phi) is 3.64. The number of carboxylic acids is 1. The number of hydrogen-bond donors (Lipinski definition) is 4. The third-order valence-corrected chi connectivity index (χ3v) is 3.11. The van der Waals surface area contributed by atoms with E-state index in [0.29, 0.717) is 0 Å². The molecule has 5 heteroatoms. The maximum Gasteiger partial charge on any atom is 0.304 e. The molecule has 0 saturated carbocycles. The van der Waals surface area contributed by atoms with Gasteiger partial charge < -0.3 is 21.1 Å². The van der Waals surface area contributed by atoms with Crippen LogP contribution in [0.3, 0.4) is 0 Å². The molecule has 2 rings (SSSR count). The monoisotopic (exact) mass is 247 g/mol. The third kappa shape index (κ3) is 2.37.